The highest BCUT2D eigenvalue weighted by Crippen LogP contribution is 2.60. The van der Waals surface area contributed by atoms with Crippen LogP contribution in [0.25, 0.3) is 0 Å². The summed E-state index contributed by atoms with van der Waals surface area (Å²) in [7, 11) is 0. The number of nitrogens with two attached hydrogens (primary N) is 1. The van der Waals surface area contributed by atoms with Crippen LogP contribution in [0.15, 0.2) is 0 Å². The van der Waals surface area contributed by atoms with Gasteiger partial charge in [-0.25, -0.2) is 0 Å². The Morgan fingerprint density at radius 2 is 1.80 bits per heavy atom. The van der Waals surface area contributed by atoms with Crippen molar-refractivity contribution in [2.24, 2.45) is 23.5 Å². The summed E-state index contributed by atoms with van der Waals surface area (Å²) in [5, 5.41) is 10.4. The Kier molecular flexibility index (Phi) is 2.01. The molecule has 4 rings (SSSR count). The fourth-order valence-electron chi connectivity index (χ4n) is 4.93. The quantitative estimate of drug-likeness (QED) is 0.731. The first kappa shape index (κ1) is 10.1. The Morgan fingerprint density at radius 1 is 1.20 bits per heavy atom. The standard InChI is InChI=1S/C13H23NO/c1-2-3-13(14)10-4-9-5-11(13)8-12(15,6-9)7-10/h9-11,15H,2-8,14H2,1H3. The van der Waals surface area contributed by atoms with E-state index in [1.807, 2.05) is 0 Å². The molecule has 2 atom stereocenters. The van der Waals surface area contributed by atoms with Crippen LogP contribution in [0.4, 0.5) is 0 Å². The molecule has 2 unspecified atom stereocenters. The molecule has 0 aromatic heterocycles. The SMILES string of the molecule is CCCC1(N)C2CC3CC1CC(O)(C3)C2. The average molecular weight is 209 g/mol. The smallest absolute Gasteiger partial charge is 0.0657 e. The second kappa shape index (κ2) is 2.98. The van der Waals surface area contributed by atoms with Crippen LogP contribution in [-0.4, -0.2) is 16.2 Å². The van der Waals surface area contributed by atoms with E-state index in [0.717, 1.165) is 31.6 Å². The summed E-state index contributed by atoms with van der Waals surface area (Å²) < 4.78 is 0. The van der Waals surface area contributed by atoms with E-state index in [0.29, 0.717) is 11.8 Å². The van der Waals surface area contributed by atoms with E-state index in [-0.39, 0.29) is 11.1 Å². The lowest BCUT2D eigenvalue weighted by Crippen LogP contribution is -2.67. The van der Waals surface area contributed by atoms with Crippen molar-refractivity contribution in [1.29, 1.82) is 0 Å². The van der Waals surface area contributed by atoms with Gasteiger partial charge in [0.15, 0.2) is 0 Å². The molecule has 15 heavy (non-hydrogen) atoms. The van der Waals surface area contributed by atoms with Gasteiger partial charge in [-0.05, 0) is 56.3 Å². The lowest BCUT2D eigenvalue weighted by Gasteiger charge is -2.63. The maximum atomic E-state index is 10.4. The van der Waals surface area contributed by atoms with Gasteiger partial charge in [-0.1, -0.05) is 13.3 Å². The van der Waals surface area contributed by atoms with Crippen molar-refractivity contribution < 1.29 is 5.11 Å². The summed E-state index contributed by atoms with van der Waals surface area (Å²) in [5.41, 5.74) is 6.39. The number of hydrogen-bond donors (Lipinski definition) is 2. The Labute approximate surface area is 92.2 Å². The Balaban J connectivity index is 1.90. The molecule has 4 aliphatic rings. The summed E-state index contributed by atoms with van der Waals surface area (Å²) in [5.74, 6) is 1.99. The Bertz CT molecular complexity index is 260. The van der Waals surface area contributed by atoms with E-state index in [9.17, 15) is 5.11 Å². The molecule has 0 spiro atoms. The minimum absolute atomic E-state index is 0.0674. The molecule has 0 aliphatic heterocycles. The van der Waals surface area contributed by atoms with Crippen molar-refractivity contribution >= 4 is 0 Å². The highest BCUT2D eigenvalue weighted by atomic mass is 16.3. The van der Waals surface area contributed by atoms with E-state index in [1.165, 1.54) is 19.3 Å². The molecule has 0 saturated heterocycles. The van der Waals surface area contributed by atoms with Gasteiger partial charge in [-0.2, -0.15) is 0 Å². The third-order valence-corrected chi connectivity index (χ3v) is 5.36. The van der Waals surface area contributed by atoms with Crippen LogP contribution in [0.5, 0.6) is 0 Å². The zero-order valence-electron chi connectivity index (χ0n) is 9.71. The van der Waals surface area contributed by atoms with E-state index < -0.39 is 0 Å². The lowest BCUT2D eigenvalue weighted by atomic mass is 9.46. The van der Waals surface area contributed by atoms with Gasteiger partial charge in [0.2, 0.25) is 0 Å². The number of rotatable bonds is 2. The molecule has 0 heterocycles. The van der Waals surface area contributed by atoms with Gasteiger partial charge < -0.3 is 10.8 Å². The van der Waals surface area contributed by atoms with Crippen molar-refractivity contribution in [2.45, 2.75) is 63.0 Å². The van der Waals surface area contributed by atoms with Gasteiger partial charge in [0.25, 0.3) is 0 Å². The predicted octanol–water partition coefficient (Wildman–Crippen LogP) is 2.06. The maximum absolute atomic E-state index is 10.4. The zero-order valence-corrected chi connectivity index (χ0v) is 9.71. The van der Waals surface area contributed by atoms with Gasteiger partial charge in [0.1, 0.15) is 0 Å². The lowest BCUT2D eigenvalue weighted by molar-refractivity contribution is -0.162. The molecule has 4 saturated carbocycles. The van der Waals surface area contributed by atoms with Gasteiger partial charge >= 0.3 is 0 Å². The molecule has 0 radical (unpaired) electrons. The third-order valence-electron chi connectivity index (χ3n) is 5.36. The fourth-order valence-corrected chi connectivity index (χ4v) is 4.93. The van der Waals surface area contributed by atoms with E-state index in [4.69, 9.17) is 5.73 Å². The minimum atomic E-state index is -0.326. The van der Waals surface area contributed by atoms with E-state index >= 15 is 0 Å². The fraction of sp³-hybridized carbons (Fsp3) is 1.00. The molecular weight excluding hydrogens is 186 g/mol. The molecule has 0 aromatic carbocycles. The summed E-state index contributed by atoms with van der Waals surface area (Å²) in [6.45, 7) is 2.23. The van der Waals surface area contributed by atoms with Crippen molar-refractivity contribution in [2.75, 3.05) is 0 Å². The molecule has 3 N–H and O–H groups in total. The van der Waals surface area contributed by atoms with Gasteiger partial charge in [0.05, 0.1) is 5.60 Å². The molecule has 2 heteroatoms. The Hall–Kier alpha value is -0.0800. The Morgan fingerprint density at radius 3 is 2.27 bits per heavy atom. The summed E-state index contributed by atoms with van der Waals surface area (Å²) >= 11 is 0. The monoisotopic (exact) mass is 209 g/mol. The van der Waals surface area contributed by atoms with Crippen molar-refractivity contribution in [3.63, 3.8) is 0 Å². The first-order valence-corrected chi connectivity index (χ1v) is 6.57. The molecule has 2 nitrogen and oxygen atoms in total. The summed E-state index contributed by atoms with van der Waals surface area (Å²) in [4.78, 5) is 0. The largest absolute Gasteiger partial charge is 0.390 e. The topological polar surface area (TPSA) is 46.2 Å². The van der Waals surface area contributed by atoms with Gasteiger partial charge in [-0.15, -0.1) is 0 Å². The molecule has 0 aromatic rings. The predicted molar refractivity (Wildman–Crippen MR) is 60.3 cm³/mol. The molecule has 4 bridgehead atoms. The van der Waals surface area contributed by atoms with Crippen LogP contribution in [-0.2, 0) is 0 Å². The van der Waals surface area contributed by atoms with Crippen LogP contribution in [0.1, 0.15) is 51.9 Å². The molecule has 86 valence electrons. The van der Waals surface area contributed by atoms with E-state index in [1.54, 1.807) is 0 Å². The molecule has 0 amide bonds. The summed E-state index contributed by atoms with van der Waals surface area (Å²) in [6.07, 6.45) is 7.94. The van der Waals surface area contributed by atoms with Crippen LogP contribution >= 0.6 is 0 Å². The van der Waals surface area contributed by atoms with E-state index in [2.05, 4.69) is 6.92 Å². The molecular formula is C13H23NO. The normalized spacial score (nSPS) is 57.4. The van der Waals surface area contributed by atoms with Gasteiger partial charge in [-0.3, -0.25) is 0 Å². The molecule has 4 aliphatic carbocycles. The zero-order chi connectivity index (χ0) is 10.7. The third kappa shape index (κ3) is 1.31. The number of hydrogen-bond acceptors (Lipinski definition) is 2. The highest BCUT2D eigenvalue weighted by molar-refractivity contribution is 5.14. The summed E-state index contributed by atoms with van der Waals surface area (Å²) in [6, 6.07) is 0. The minimum Gasteiger partial charge on any atom is -0.390 e. The number of aliphatic hydroxyl groups is 1. The highest BCUT2D eigenvalue weighted by Gasteiger charge is 2.59. The maximum Gasteiger partial charge on any atom is 0.0657 e. The van der Waals surface area contributed by atoms with Crippen molar-refractivity contribution in [3.8, 4) is 0 Å². The average Bonchev–Trinajstić information content (AvgIpc) is 2.12. The van der Waals surface area contributed by atoms with Crippen molar-refractivity contribution in [1.82, 2.24) is 0 Å². The van der Waals surface area contributed by atoms with Crippen LogP contribution in [0, 0.1) is 17.8 Å². The van der Waals surface area contributed by atoms with Crippen LogP contribution in [0.2, 0.25) is 0 Å². The first-order valence-electron chi connectivity index (χ1n) is 6.57. The van der Waals surface area contributed by atoms with Crippen LogP contribution < -0.4 is 5.73 Å². The first-order chi connectivity index (χ1) is 7.06. The van der Waals surface area contributed by atoms with Crippen molar-refractivity contribution in [3.05, 3.63) is 0 Å². The molecule has 4 fully saturated rings. The second-order valence-corrected chi connectivity index (χ2v) is 6.43. The van der Waals surface area contributed by atoms with Gasteiger partial charge in [0, 0.05) is 5.54 Å². The van der Waals surface area contributed by atoms with Crippen LogP contribution in [0.3, 0.4) is 0 Å². The second-order valence-electron chi connectivity index (χ2n) is 6.43.